The Kier molecular flexibility index (Phi) is 7.53. The van der Waals surface area contributed by atoms with Gasteiger partial charge in [-0.05, 0) is 44.0 Å². The molecule has 0 heterocycles. The number of hydrogen-bond acceptors (Lipinski definition) is 2. The van der Waals surface area contributed by atoms with Crippen molar-refractivity contribution in [2.45, 2.75) is 39.2 Å². The Bertz CT molecular complexity index is 378. The maximum atomic E-state index is 11.7. The van der Waals surface area contributed by atoms with E-state index < -0.39 is 0 Å². The molecule has 19 heavy (non-hydrogen) atoms. The second-order valence-electron chi connectivity index (χ2n) is 4.70. The molecule has 3 nitrogen and oxygen atoms in total. The van der Waals surface area contributed by atoms with E-state index in [4.69, 9.17) is 11.6 Å². The first kappa shape index (κ1) is 16.0. The lowest BCUT2D eigenvalue weighted by atomic mass is 10.1. The normalized spacial score (nSPS) is 12.2. The fourth-order valence-corrected chi connectivity index (χ4v) is 1.84. The average molecular weight is 283 g/mol. The van der Waals surface area contributed by atoms with Crippen molar-refractivity contribution in [3.8, 4) is 0 Å². The van der Waals surface area contributed by atoms with Gasteiger partial charge in [0, 0.05) is 11.6 Å². The molecule has 1 rings (SSSR count). The van der Waals surface area contributed by atoms with Crippen molar-refractivity contribution in [2.24, 2.45) is 0 Å². The van der Waals surface area contributed by atoms with Gasteiger partial charge in [0.15, 0.2) is 0 Å². The highest BCUT2D eigenvalue weighted by Gasteiger charge is 2.10. The highest BCUT2D eigenvalue weighted by Crippen LogP contribution is 2.09. The Hall–Kier alpha value is -1.06. The highest BCUT2D eigenvalue weighted by molar-refractivity contribution is 6.30. The summed E-state index contributed by atoms with van der Waals surface area (Å²) in [6.07, 6.45) is 3.02. The molecule has 1 unspecified atom stereocenters. The summed E-state index contributed by atoms with van der Waals surface area (Å²) in [5.41, 5.74) is 1.22. The SMILES string of the molecule is CCCCNC(=O)C(C)NCCc1ccc(Cl)cc1. The van der Waals surface area contributed by atoms with Crippen molar-refractivity contribution in [2.75, 3.05) is 13.1 Å². The van der Waals surface area contributed by atoms with Gasteiger partial charge in [0.25, 0.3) is 0 Å². The molecule has 0 bridgehead atoms. The Morgan fingerprint density at radius 2 is 1.95 bits per heavy atom. The van der Waals surface area contributed by atoms with Crippen LogP contribution in [0.1, 0.15) is 32.3 Å². The molecule has 1 aromatic rings. The number of nitrogens with one attached hydrogen (secondary N) is 2. The van der Waals surface area contributed by atoms with E-state index >= 15 is 0 Å². The second-order valence-corrected chi connectivity index (χ2v) is 5.13. The minimum absolute atomic E-state index is 0.0737. The van der Waals surface area contributed by atoms with Gasteiger partial charge >= 0.3 is 0 Å². The number of rotatable bonds is 8. The van der Waals surface area contributed by atoms with E-state index in [1.54, 1.807) is 0 Å². The van der Waals surface area contributed by atoms with Crippen LogP contribution in [0, 0.1) is 0 Å². The minimum atomic E-state index is -0.149. The van der Waals surface area contributed by atoms with Gasteiger partial charge in [-0.1, -0.05) is 37.1 Å². The van der Waals surface area contributed by atoms with Gasteiger partial charge in [0.2, 0.25) is 5.91 Å². The Balaban J connectivity index is 2.20. The number of carbonyl (C=O) groups is 1. The summed E-state index contributed by atoms with van der Waals surface area (Å²) >= 11 is 5.83. The van der Waals surface area contributed by atoms with Crippen LogP contribution in [-0.4, -0.2) is 25.0 Å². The van der Waals surface area contributed by atoms with Gasteiger partial charge in [-0.25, -0.2) is 0 Å². The van der Waals surface area contributed by atoms with Crippen LogP contribution >= 0.6 is 11.6 Å². The van der Waals surface area contributed by atoms with Crippen molar-refractivity contribution in [3.63, 3.8) is 0 Å². The molecular weight excluding hydrogens is 260 g/mol. The van der Waals surface area contributed by atoms with E-state index in [9.17, 15) is 4.79 Å². The first-order chi connectivity index (χ1) is 9.13. The topological polar surface area (TPSA) is 41.1 Å². The lowest BCUT2D eigenvalue weighted by molar-refractivity contribution is -0.122. The van der Waals surface area contributed by atoms with Gasteiger partial charge in [-0.15, -0.1) is 0 Å². The zero-order valence-corrected chi connectivity index (χ0v) is 12.5. The molecule has 0 aromatic heterocycles. The molecule has 0 aliphatic rings. The molecule has 2 N–H and O–H groups in total. The number of halogens is 1. The molecule has 0 spiro atoms. The number of hydrogen-bond donors (Lipinski definition) is 2. The van der Waals surface area contributed by atoms with E-state index in [0.717, 1.165) is 37.4 Å². The fourth-order valence-electron chi connectivity index (χ4n) is 1.72. The van der Waals surface area contributed by atoms with Crippen molar-refractivity contribution in [3.05, 3.63) is 34.9 Å². The summed E-state index contributed by atoms with van der Waals surface area (Å²) in [5, 5.41) is 6.90. The summed E-state index contributed by atoms with van der Waals surface area (Å²) < 4.78 is 0. The zero-order chi connectivity index (χ0) is 14.1. The molecule has 0 radical (unpaired) electrons. The number of carbonyl (C=O) groups excluding carboxylic acids is 1. The molecule has 0 aliphatic carbocycles. The summed E-state index contributed by atoms with van der Waals surface area (Å²) in [6.45, 7) is 5.55. The van der Waals surface area contributed by atoms with Crippen molar-refractivity contribution < 1.29 is 4.79 Å². The summed E-state index contributed by atoms with van der Waals surface area (Å²) in [4.78, 5) is 11.7. The lowest BCUT2D eigenvalue weighted by Crippen LogP contribution is -2.43. The molecular formula is C15H23ClN2O. The Morgan fingerprint density at radius 1 is 1.26 bits per heavy atom. The molecule has 0 aliphatic heterocycles. The van der Waals surface area contributed by atoms with Crippen molar-refractivity contribution in [1.82, 2.24) is 10.6 Å². The first-order valence-corrected chi connectivity index (χ1v) is 7.26. The first-order valence-electron chi connectivity index (χ1n) is 6.89. The van der Waals surface area contributed by atoms with Gasteiger partial charge in [0.05, 0.1) is 6.04 Å². The predicted octanol–water partition coefficient (Wildman–Crippen LogP) is 2.78. The molecule has 4 heteroatoms. The zero-order valence-electron chi connectivity index (χ0n) is 11.7. The summed E-state index contributed by atoms with van der Waals surface area (Å²) in [6, 6.07) is 7.64. The van der Waals surface area contributed by atoms with Gasteiger partial charge in [0.1, 0.15) is 0 Å². The van der Waals surface area contributed by atoms with Crippen LogP contribution in [-0.2, 0) is 11.2 Å². The van der Waals surface area contributed by atoms with Crippen molar-refractivity contribution in [1.29, 1.82) is 0 Å². The Morgan fingerprint density at radius 3 is 2.58 bits per heavy atom. The van der Waals surface area contributed by atoms with Crippen LogP contribution in [0.15, 0.2) is 24.3 Å². The molecule has 1 amide bonds. The van der Waals surface area contributed by atoms with Crippen LogP contribution in [0.25, 0.3) is 0 Å². The standard InChI is InChI=1S/C15H23ClN2O/c1-3-4-10-18-15(19)12(2)17-11-9-13-5-7-14(16)8-6-13/h5-8,12,17H,3-4,9-11H2,1-2H3,(H,18,19). The summed E-state index contributed by atoms with van der Waals surface area (Å²) in [5.74, 6) is 0.0737. The molecule has 0 saturated heterocycles. The third-order valence-corrected chi connectivity index (χ3v) is 3.25. The molecule has 0 fully saturated rings. The number of unbranched alkanes of at least 4 members (excludes halogenated alkanes) is 1. The van der Waals surface area contributed by atoms with Crippen molar-refractivity contribution >= 4 is 17.5 Å². The van der Waals surface area contributed by atoms with Gasteiger partial charge in [-0.3, -0.25) is 4.79 Å². The van der Waals surface area contributed by atoms with Gasteiger partial charge < -0.3 is 10.6 Å². The molecule has 1 aromatic carbocycles. The van der Waals surface area contributed by atoms with Crippen LogP contribution < -0.4 is 10.6 Å². The van der Waals surface area contributed by atoms with E-state index in [2.05, 4.69) is 17.6 Å². The summed E-state index contributed by atoms with van der Waals surface area (Å²) in [7, 11) is 0. The Labute approximate surface area is 120 Å². The molecule has 0 saturated carbocycles. The van der Waals surface area contributed by atoms with E-state index in [1.165, 1.54) is 5.56 Å². The molecule has 1 atom stereocenters. The van der Waals surface area contributed by atoms with E-state index in [1.807, 2.05) is 31.2 Å². The third kappa shape index (κ3) is 6.60. The van der Waals surface area contributed by atoms with Crippen LogP contribution in [0.2, 0.25) is 5.02 Å². The number of benzene rings is 1. The lowest BCUT2D eigenvalue weighted by Gasteiger charge is -2.13. The van der Waals surface area contributed by atoms with Gasteiger partial charge in [-0.2, -0.15) is 0 Å². The molecule has 106 valence electrons. The van der Waals surface area contributed by atoms with E-state index in [0.29, 0.717) is 0 Å². The van der Waals surface area contributed by atoms with Crippen LogP contribution in [0.4, 0.5) is 0 Å². The van der Waals surface area contributed by atoms with E-state index in [-0.39, 0.29) is 11.9 Å². The average Bonchev–Trinajstić information content (AvgIpc) is 2.41. The maximum absolute atomic E-state index is 11.7. The highest BCUT2D eigenvalue weighted by atomic mass is 35.5. The van der Waals surface area contributed by atoms with Crippen LogP contribution in [0.5, 0.6) is 0 Å². The maximum Gasteiger partial charge on any atom is 0.236 e. The monoisotopic (exact) mass is 282 g/mol. The second kappa shape index (κ2) is 8.94. The minimum Gasteiger partial charge on any atom is -0.355 e. The number of amides is 1. The quantitative estimate of drug-likeness (QED) is 0.720. The predicted molar refractivity (Wildman–Crippen MR) is 80.5 cm³/mol. The largest absolute Gasteiger partial charge is 0.355 e. The smallest absolute Gasteiger partial charge is 0.236 e. The van der Waals surface area contributed by atoms with Crippen LogP contribution in [0.3, 0.4) is 0 Å². The fraction of sp³-hybridized carbons (Fsp3) is 0.533. The third-order valence-electron chi connectivity index (χ3n) is 3.00.